The Morgan fingerprint density at radius 1 is 1.62 bits per heavy atom. The quantitative estimate of drug-likeness (QED) is 0.577. The van der Waals surface area contributed by atoms with Gasteiger partial charge in [0.25, 0.3) is 0 Å². The molecule has 0 N–H and O–H groups in total. The summed E-state index contributed by atoms with van der Waals surface area (Å²) in [7, 11) is 0. The highest BCUT2D eigenvalue weighted by atomic mass is 16.5. The summed E-state index contributed by atoms with van der Waals surface area (Å²) >= 11 is 0. The summed E-state index contributed by atoms with van der Waals surface area (Å²) in [5.41, 5.74) is 1.06. The maximum atomic E-state index is 11.4. The maximum absolute atomic E-state index is 11.4. The van der Waals surface area contributed by atoms with Crippen molar-refractivity contribution in [2.75, 3.05) is 0 Å². The predicted molar refractivity (Wildman–Crippen MR) is 48.1 cm³/mol. The first-order valence-corrected chi connectivity index (χ1v) is 4.39. The summed E-state index contributed by atoms with van der Waals surface area (Å²) < 4.78 is 4.93. The van der Waals surface area contributed by atoms with Crippen molar-refractivity contribution in [2.24, 2.45) is 5.92 Å². The Balaban J connectivity index is 2.74. The van der Waals surface area contributed by atoms with E-state index in [1.54, 1.807) is 6.08 Å². The molecule has 1 rings (SSSR count). The molecule has 0 bridgehead atoms. The van der Waals surface area contributed by atoms with Crippen molar-refractivity contribution >= 4 is 11.8 Å². The Kier molecular flexibility index (Phi) is 2.86. The minimum atomic E-state index is -0.568. The van der Waals surface area contributed by atoms with Gasteiger partial charge >= 0.3 is 5.97 Å². The number of carbonyl (C=O) groups is 2. The van der Waals surface area contributed by atoms with E-state index in [1.807, 2.05) is 13.8 Å². The molecule has 1 aliphatic carbocycles. The molecule has 13 heavy (non-hydrogen) atoms. The smallest absolute Gasteiger partial charge is 0.303 e. The number of esters is 1. The van der Waals surface area contributed by atoms with Crippen LogP contribution in [0, 0.1) is 5.92 Å². The third-order valence-electron chi connectivity index (χ3n) is 2.12. The van der Waals surface area contributed by atoms with E-state index in [0.717, 1.165) is 12.0 Å². The van der Waals surface area contributed by atoms with Crippen molar-refractivity contribution in [3.63, 3.8) is 0 Å². The topological polar surface area (TPSA) is 43.4 Å². The van der Waals surface area contributed by atoms with Gasteiger partial charge in [0.2, 0.25) is 0 Å². The second kappa shape index (κ2) is 3.73. The molecule has 1 aliphatic rings. The Morgan fingerprint density at radius 2 is 2.23 bits per heavy atom. The number of rotatable bonds is 1. The molecule has 0 aromatic carbocycles. The highest BCUT2D eigenvalue weighted by Gasteiger charge is 2.30. The van der Waals surface area contributed by atoms with Gasteiger partial charge in [0, 0.05) is 12.8 Å². The third-order valence-corrected chi connectivity index (χ3v) is 2.12. The summed E-state index contributed by atoms with van der Waals surface area (Å²) in [6, 6.07) is 0. The van der Waals surface area contributed by atoms with Gasteiger partial charge in [0.05, 0.1) is 0 Å². The van der Waals surface area contributed by atoms with Crippen LogP contribution in [-0.2, 0) is 14.3 Å². The Hall–Kier alpha value is -1.12. The Bertz CT molecular complexity index is 265. The van der Waals surface area contributed by atoms with Crippen molar-refractivity contribution in [3.05, 3.63) is 11.6 Å². The van der Waals surface area contributed by atoms with E-state index in [4.69, 9.17) is 4.74 Å². The van der Waals surface area contributed by atoms with Crippen LogP contribution in [0.25, 0.3) is 0 Å². The molecule has 0 aliphatic heterocycles. The van der Waals surface area contributed by atoms with E-state index in [0.29, 0.717) is 0 Å². The fourth-order valence-corrected chi connectivity index (χ4v) is 1.63. The number of allylic oxidation sites excluding steroid dienone is 1. The van der Waals surface area contributed by atoms with Gasteiger partial charge in [-0.25, -0.2) is 0 Å². The lowest BCUT2D eigenvalue weighted by Gasteiger charge is -2.25. The maximum Gasteiger partial charge on any atom is 0.303 e. The molecule has 3 nitrogen and oxygen atoms in total. The molecule has 0 saturated carbocycles. The van der Waals surface area contributed by atoms with Gasteiger partial charge in [-0.1, -0.05) is 12.5 Å². The van der Waals surface area contributed by atoms with Gasteiger partial charge in [0.1, 0.15) is 0 Å². The molecular weight excluding hydrogens is 168 g/mol. The highest BCUT2D eigenvalue weighted by Crippen LogP contribution is 2.23. The van der Waals surface area contributed by atoms with Crippen LogP contribution in [0.15, 0.2) is 11.6 Å². The standard InChI is InChI=1S/C10H14O3/c1-6-4-7(2)10(9(12)5-6)13-8(3)11/h5,7,10H,4H2,1-3H3. The van der Waals surface area contributed by atoms with Gasteiger partial charge in [-0.05, 0) is 19.4 Å². The molecule has 72 valence electrons. The number of ketones is 1. The van der Waals surface area contributed by atoms with Gasteiger partial charge in [-0.15, -0.1) is 0 Å². The summed E-state index contributed by atoms with van der Waals surface area (Å²) in [4.78, 5) is 22.1. The van der Waals surface area contributed by atoms with Crippen molar-refractivity contribution in [1.29, 1.82) is 0 Å². The summed E-state index contributed by atoms with van der Waals surface area (Å²) in [6.07, 6.45) is 1.82. The van der Waals surface area contributed by atoms with Crippen LogP contribution < -0.4 is 0 Å². The zero-order valence-corrected chi connectivity index (χ0v) is 8.16. The summed E-state index contributed by atoms with van der Waals surface area (Å²) in [5.74, 6) is -0.383. The fourth-order valence-electron chi connectivity index (χ4n) is 1.63. The molecule has 0 aromatic heterocycles. The van der Waals surface area contributed by atoms with Crippen LogP contribution in [0.4, 0.5) is 0 Å². The summed E-state index contributed by atoms with van der Waals surface area (Å²) in [6.45, 7) is 5.16. The zero-order valence-electron chi connectivity index (χ0n) is 8.16. The van der Waals surface area contributed by atoms with E-state index in [2.05, 4.69) is 0 Å². The number of hydrogen-bond acceptors (Lipinski definition) is 3. The predicted octanol–water partition coefficient (Wildman–Crippen LogP) is 1.47. The fraction of sp³-hybridized carbons (Fsp3) is 0.600. The van der Waals surface area contributed by atoms with Crippen LogP contribution in [0.1, 0.15) is 27.2 Å². The van der Waals surface area contributed by atoms with Gasteiger partial charge in [-0.2, -0.15) is 0 Å². The average Bonchev–Trinajstić information content (AvgIpc) is 1.96. The first-order chi connectivity index (χ1) is 6.00. The molecular formula is C10H14O3. The van der Waals surface area contributed by atoms with E-state index >= 15 is 0 Å². The highest BCUT2D eigenvalue weighted by molar-refractivity contribution is 5.96. The van der Waals surface area contributed by atoms with Crippen molar-refractivity contribution in [2.45, 2.75) is 33.3 Å². The van der Waals surface area contributed by atoms with Crippen molar-refractivity contribution in [3.8, 4) is 0 Å². The third kappa shape index (κ3) is 2.41. The van der Waals surface area contributed by atoms with Crippen molar-refractivity contribution in [1.82, 2.24) is 0 Å². The molecule has 3 heteroatoms. The summed E-state index contributed by atoms with van der Waals surface area (Å²) in [5, 5.41) is 0. The molecule has 2 atom stereocenters. The minimum Gasteiger partial charge on any atom is -0.454 e. The number of carbonyl (C=O) groups excluding carboxylic acids is 2. The first-order valence-electron chi connectivity index (χ1n) is 4.39. The van der Waals surface area contributed by atoms with Crippen LogP contribution in [0.2, 0.25) is 0 Å². The zero-order chi connectivity index (χ0) is 10.0. The lowest BCUT2D eigenvalue weighted by molar-refractivity contribution is -0.154. The van der Waals surface area contributed by atoms with E-state index in [1.165, 1.54) is 6.92 Å². The molecule has 0 amide bonds. The molecule has 0 fully saturated rings. The number of ether oxygens (including phenoxy) is 1. The number of hydrogen-bond donors (Lipinski definition) is 0. The van der Waals surface area contributed by atoms with Gasteiger partial charge in [0.15, 0.2) is 11.9 Å². The SMILES string of the molecule is CC(=O)OC1C(=O)C=C(C)CC1C. The Labute approximate surface area is 77.8 Å². The molecule has 0 aromatic rings. The van der Waals surface area contributed by atoms with Crippen molar-refractivity contribution < 1.29 is 14.3 Å². The molecule has 0 radical (unpaired) electrons. The average molecular weight is 182 g/mol. The monoisotopic (exact) mass is 182 g/mol. The molecule has 0 spiro atoms. The lowest BCUT2D eigenvalue weighted by atomic mass is 9.87. The first kappa shape index (κ1) is 9.96. The van der Waals surface area contributed by atoms with Crippen LogP contribution in [0.3, 0.4) is 0 Å². The lowest BCUT2D eigenvalue weighted by Crippen LogP contribution is -2.34. The van der Waals surface area contributed by atoms with Crippen LogP contribution in [0.5, 0.6) is 0 Å². The van der Waals surface area contributed by atoms with E-state index in [-0.39, 0.29) is 11.7 Å². The Morgan fingerprint density at radius 3 is 2.69 bits per heavy atom. The largest absolute Gasteiger partial charge is 0.454 e. The molecule has 0 heterocycles. The van der Waals surface area contributed by atoms with Crippen LogP contribution >= 0.6 is 0 Å². The molecule has 0 saturated heterocycles. The minimum absolute atomic E-state index is 0.0912. The van der Waals surface area contributed by atoms with E-state index < -0.39 is 12.1 Å². The second-order valence-electron chi connectivity index (χ2n) is 3.60. The van der Waals surface area contributed by atoms with E-state index in [9.17, 15) is 9.59 Å². The van der Waals surface area contributed by atoms with Gasteiger partial charge < -0.3 is 4.74 Å². The van der Waals surface area contributed by atoms with Gasteiger partial charge in [-0.3, -0.25) is 9.59 Å². The normalized spacial score (nSPS) is 28.2. The van der Waals surface area contributed by atoms with Crippen LogP contribution in [-0.4, -0.2) is 17.9 Å². The second-order valence-corrected chi connectivity index (χ2v) is 3.60. The molecule has 2 unspecified atom stereocenters.